The van der Waals surface area contributed by atoms with Gasteiger partial charge in [0, 0.05) is 18.2 Å². The van der Waals surface area contributed by atoms with Crippen molar-refractivity contribution in [3.8, 4) is 17.4 Å². The second-order valence-electron chi connectivity index (χ2n) is 4.92. The van der Waals surface area contributed by atoms with Crippen LogP contribution >= 0.6 is 0 Å². The second kappa shape index (κ2) is 5.87. The van der Waals surface area contributed by atoms with Gasteiger partial charge in [-0.2, -0.15) is 6.42 Å². The maximum absolute atomic E-state index is 5.83. The van der Waals surface area contributed by atoms with E-state index in [1.807, 2.05) is 63.1 Å². The molecule has 0 unspecified atom stereocenters. The highest BCUT2D eigenvalue weighted by Crippen LogP contribution is 2.27. The zero-order chi connectivity index (χ0) is 15.6. The van der Waals surface area contributed by atoms with Crippen molar-refractivity contribution in [2.24, 2.45) is 12.8 Å². The molecule has 4 heteroatoms. The van der Waals surface area contributed by atoms with Crippen LogP contribution in [0, 0.1) is 13.3 Å². The van der Waals surface area contributed by atoms with E-state index in [1.165, 1.54) is 0 Å². The van der Waals surface area contributed by atoms with E-state index >= 15 is 0 Å². The highest BCUT2D eigenvalue weighted by molar-refractivity contribution is 5.59. The Kier molecular flexibility index (Phi) is 4.17. The molecule has 0 spiro atoms. The Hall–Kier alpha value is -2.49. The lowest BCUT2D eigenvalue weighted by Crippen LogP contribution is -2.35. The lowest BCUT2D eigenvalue weighted by atomic mass is 10.1. The van der Waals surface area contributed by atoms with Crippen molar-refractivity contribution in [1.82, 2.24) is 0 Å². The Morgan fingerprint density at radius 3 is 2.90 bits per heavy atom. The highest BCUT2D eigenvalue weighted by Gasteiger charge is 2.30. The first kappa shape index (κ1) is 14.9. The fourth-order valence-electron chi connectivity index (χ4n) is 2.19. The SMILES string of the molecule is C=C(O[c-]1[o+]c2cc[cH+]cc-2c(C)[n+]1C)/C([CH-]C)=C(/C)N. The second-order valence-corrected chi connectivity index (χ2v) is 4.92. The normalized spacial score (nSPS) is 12.0. The van der Waals surface area contributed by atoms with Gasteiger partial charge in [0.2, 0.25) is 0 Å². The van der Waals surface area contributed by atoms with Crippen LogP contribution in [0.25, 0.3) is 11.3 Å². The first-order chi connectivity index (χ1) is 9.95. The number of ether oxygens (including phenoxy) is 1. The Morgan fingerprint density at radius 2 is 2.29 bits per heavy atom. The first-order valence-corrected chi connectivity index (χ1v) is 6.80. The number of fused-ring (bicyclic) bond motifs is 1. The van der Waals surface area contributed by atoms with Gasteiger partial charge in [-0.25, -0.2) is 0 Å². The molecule has 1 aliphatic carbocycles. The zero-order valence-corrected chi connectivity index (χ0v) is 12.9. The molecule has 2 rings (SSSR count). The van der Waals surface area contributed by atoms with E-state index in [-0.39, 0.29) is 0 Å². The highest BCUT2D eigenvalue weighted by atomic mass is 16.6. The van der Waals surface area contributed by atoms with Crippen molar-refractivity contribution in [3.63, 3.8) is 0 Å². The summed E-state index contributed by atoms with van der Waals surface area (Å²) in [7, 11) is 1.89. The molecule has 0 radical (unpaired) electrons. The molecule has 4 nitrogen and oxygen atoms in total. The standard InChI is InChI=1S/C17H21N2O2/c1-6-14(11(2)18)13(4)20-17-19(5)12(3)15-9-7-8-10-16(15)21-17/h6-10H,4,18H2,1-3,5H3/q+1/b14-11-. The van der Waals surface area contributed by atoms with Gasteiger partial charge in [0.25, 0.3) is 5.76 Å². The van der Waals surface area contributed by atoms with E-state index in [0.717, 1.165) is 22.6 Å². The quantitative estimate of drug-likeness (QED) is 0.309. The number of nitrogens with zero attached hydrogens (tertiary/aromatic N) is 1. The molecule has 1 aliphatic heterocycles. The van der Waals surface area contributed by atoms with E-state index in [0.29, 0.717) is 17.5 Å². The summed E-state index contributed by atoms with van der Waals surface area (Å²) >= 11 is 0. The van der Waals surface area contributed by atoms with Crippen molar-refractivity contribution in [3.05, 3.63) is 60.0 Å². The van der Waals surface area contributed by atoms with Gasteiger partial charge in [-0.1, -0.05) is 26.1 Å². The Labute approximate surface area is 125 Å². The lowest BCUT2D eigenvalue weighted by molar-refractivity contribution is -0.692. The van der Waals surface area contributed by atoms with Crippen LogP contribution in [0.15, 0.2) is 52.3 Å². The summed E-state index contributed by atoms with van der Waals surface area (Å²) in [5.41, 5.74) is 9.36. The van der Waals surface area contributed by atoms with Gasteiger partial charge < -0.3 is 10.5 Å². The summed E-state index contributed by atoms with van der Waals surface area (Å²) in [6.07, 6.45) is 2.24. The minimum atomic E-state index is 0.372. The summed E-state index contributed by atoms with van der Waals surface area (Å²) in [6.45, 7) is 9.65. The molecule has 0 amide bonds. The third-order valence-corrected chi connectivity index (χ3v) is 3.48. The van der Waals surface area contributed by atoms with Crippen molar-refractivity contribution in [2.75, 3.05) is 0 Å². The maximum atomic E-state index is 5.83. The summed E-state index contributed by atoms with van der Waals surface area (Å²) in [5, 5.41) is 0. The number of hydrogen-bond donors (Lipinski definition) is 1. The Morgan fingerprint density at radius 1 is 1.57 bits per heavy atom. The van der Waals surface area contributed by atoms with Crippen molar-refractivity contribution < 1.29 is 13.7 Å². The van der Waals surface area contributed by atoms with Crippen molar-refractivity contribution >= 4 is 0 Å². The number of hydrogen-bond acceptors (Lipinski definition) is 2. The molecule has 110 valence electrons. The third kappa shape index (κ3) is 2.84. The zero-order valence-electron chi connectivity index (χ0n) is 12.9. The molecule has 0 saturated carbocycles. The van der Waals surface area contributed by atoms with Crippen LogP contribution in [0.2, 0.25) is 0 Å². The Bertz CT molecular complexity index is 685. The molecule has 0 fully saturated rings. The van der Waals surface area contributed by atoms with Gasteiger partial charge in [0.05, 0.1) is 6.07 Å². The molecule has 0 aromatic rings. The molecule has 0 aromatic heterocycles. The van der Waals surface area contributed by atoms with Crippen LogP contribution in [0.4, 0.5) is 0 Å². The topological polar surface area (TPSA) is 50.4 Å². The molecule has 21 heavy (non-hydrogen) atoms. The van der Waals surface area contributed by atoms with Crippen LogP contribution in [0.3, 0.4) is 0 Å². The van der Waals surface area contributed by atoms with Gasteiger partial charge in [-0.3, -0.25) is 4.42 Å². The molecular formula is C17H21N2O2+. The average Bonchev–Trinajstić information content (AvgIpc) is 2.45. The van der Waals surface area contributed by atoms with Crippen LogP contribution in [-0.2, 0) is 7.05 Å². The molecule has 0 saturated heterocycles. The summed E-state index contributed by atoms with van der Waals surface area (Å²) in [5.74, 6) is 1.23. The maximum Gasteiger partial charge on any atom is 0.707 e. The Balaban J connectivity index is 2.45. The summed E-state index contributed by atoms with van der Waals surface area (Å²) in [6, 6.07) is 7.84. The summed E-state index contributed by atoms with van der Waals surface area (Å²) < 4.78 is 13.5. The van der Waals surface area contributed by atoms with Crippen molar-refractivity contribution in [2.45, 2.75) is 20.8 Å². The molecule has 2 aliphatic rings. The van der Waals surface area contributed by atoms with E-state index in [9.17, 15) is 0 Å². The number of allylic oxidation sites excluding steroid dienone is 2. The van der Waals surface area contributed by atoms with Crippen LogP contribution < -0.4 is 15.0 Å². The predicted octanol–water partition coefficient (Wildman–Crippen LogP) is 3.15. The van der Waals surface area contributed by atoms with E-state index in [2.05, 4.69) is 6.58 Å². The van der Waals surface area contributed by atoms with Crippen molar-refractivity contribution in [1.29, 1.82) is 0 Å². The molecule has 1 heterocycles. The fourth-order valence-corrected chi connectivity index (χ4v) is 2.19. The number of benzene rings is 1. The minimum Gasteiger partial charge on any atom is -0.452 e. The monoisotopic (exact) mass is 285 g/mol. The number of nitrogens with two attached hydrogens (primary N) is 1. The molecule has 0 aromatic carbocycles. The fraction of sp³-hybridized carbons (Fsp3) is 0.235. The van der Waals surface area contributed by atoms with E-state index in [1.54, 1.807) is 0 Å². The van der Waals surface area contributed by atoms with Crippen LogP contribution in [0.5, 0.6) is 6.08 Å². The van der Waals surface area contributed by atoms with E-state index < -0.39 is 0 Å². The largest absolute Gasteiger partial charge is 0.707 e. The third-order valence-electron chi connectivity index (χ3n) is 3.48. The van der Waals surface area contributed by atoms with Gasteiger partial charge in [0.1, 0.15) is 18.4 Å². The number of aromatic nitrogens is 1. The van der Waals surface area contributed by atoms with Gasteiger partial charge in [-0.05, 0) is 6.92 Å². The van der Waals surface area contributed by atoms with Crippen LogP contribution in [-0.4, -0.2) is 0 Å². The number of rotatable bonds is 4. The van der Waals surface area contributed by atoms with E-state index in [4.69, 9.17) is 14.9 Å². The van der Waals surface area contributed by atoms with Crippen LogP contribution in [0.1, 0.15) is 19.5 Å². The smallest absolute Gasteiger partial charge is 0.452 e. The van der Waals surface area contributed by atoms with Gasteiger partial charge >= 0.3 is 6.08 Å². The predicted molar refractivity (Wildman–Crippen MR) is 82.3 cm³/mol. The molecule has 2 N–H and O–H groups in total. The lowest BCUT2D eigenvalue weighted by Gasteiger charge is -2.14. The van der Waals surface area contributed by atoms with Gasteiger partial charge in [0.15, 0.2) is 5.69 Å². The first-order valence-electron chi connectivity index (χ1n) is 6.80. The molecule has 0 atom stereocenters. The number of para-hydroxylation sites is 1. The average molecular weight is 285 g/mol. The molecular weight excluding hydrogens is 264 g/mol. The van der Waals surface area contributed by atoms with Gasteiger partial charge in [-0.15, -0.1) is 10.1 Å². The minimum absolute atomic E-state index is 0.372. The summed E-state index contributed by atoms with van der Waals surface area (Å²) in [4.78, 5) is 0. The molecule has 0 bridgehead atoms.